The number of aliphatic carboxylic acids is 1. The minimum Gasteiger partial charge on any atom is -0.478 e. The lowest BCUT2D eigenvalue weighted by atomic mass is 9.82. The Labute approximate surface area is 259 Å². The van der Waals surface area contributed by atoms with Crippen molar-refractivity contribution in [1.29, 1.82) is 0 Å². The zero-order valence-electron chi connectivity index (χ0n) is 24.8. The SMILES string of the molecule is CCOCCCCOC(c1cccc(-c2csc(NC(=O)c3cc(F)c(/C=C(\C)C(=O)O)c(F)c3)n2)c1F)C1CCCCC1. The van der Waals surface area contributed by atoms with Crippen molar-refractivity contribution >= 4 is 34.4 Å². The molecular formula is C33H37F3N2O5S. The maximum absolute atomic E-state index is 16.1. The van der Waals surface area contributed by atoms with Crippen molar-refractivity contribution in [1.82, 2.24) is 4.98 Å². The van der Waals surface area contributed by atoms with Crippen molar-refractivity contribution in [2.75, 3.05) is 25.1 Å². The molecule has 1 heterocycles. The van der Waals surface area contributed by atoms with Gasteiger partial charge < -0.3 is 14.6 Å². The number of thiazole rings is 1. The number of carboxylic acids is 1. The Hall–Kier alpha value is -3.54. The predicted molar refractivity (Wildman–Crippen MR) is 164 cm³/mol. The van der Waals surface area contributed by atoms with E-state index in [4.69, 9.17) is 14.6 Å². The van der Waals surface area contributed by atoms with Gasteiger partial charge in [-0.2, -0.15) is 0 Å². The monoisotopic (exact) mass is 630 g/mol. The van der Waals surface area contributed by atoms with Crippen LogP contribution in [-0.4, -0.2) is 41.8 Å². The van der Waals surface area contributed by atoms with Gasteiger partial charge in [-0.05, 0) is 69.7 Å². The molecule has 4 rings (SSSR count). The summed E-state index contributed by atoms with van der Waals surface area (Å²) in [5.41, 5.74) is -0.0808. The van der Waals surface area contributed by atoms with Crippen molar-refractivity contribution in [3.8, 4) is 11.3 Å². The lowest BCUT2D eigenvalue weighted by molar-refractivity contribution is -0.132. The topological polar surface area (TPSA) is 97.8 Å². The zero-order chi connectivity index (χ0) is 31.6. The zero-order valence-corrected chi connectivity index (χ0v) is 25.7. The van der Waals surface area contributed by atoms with Crippen molar-refractivity contribution < 1.29 is 37.3 Å². The standard InChI is InChI=1S/C33H37F3N2O5S/c1-3-42-14-7-8-15-43-30(21-10-5-4-6-11-21)24-13-9-12-23(29(24)36)28-19-44-33(37-28)38-31(39)22-17-26(34)25(27(35)18-22)16-20(2)32(40)41/h9,12-13,16-19,21,30H,3-8,10-11,14-15H2,1-2H3,(H,40,41)(H,37,38,39)/b20-16+. The molecule has 0 bridgehead atoms. The van der Waals surface area contributed by atoms with E-state index in [-0.39, 0.29) is 33.9 Å². The molecule has 0 radical (unpaired) electrons. The molecule has 7 nitrogen and oxygen atoms in total. The second-order valence-electron chi connectivity index (χ2n) is 10.8. The number of aromatic nitrogens is 1. The van der Waals surface area contributed by atoms with Crippen LogP contribution in [0, 0.1) is 23.4 Å². The minimum atomic E-state index is -1.32. The third-order valence-electron chi connectivity index (χ3n) is 7.64. The fraction of sp³-hybridized carbons (Fsp3) is 0.424. The number of carbonyl (C=O) groups excluding carboxylic acids is 1. The van der Waals surface area contributed by atoms with Crippen molar-refractivity contribution in [3.63, 3.8) is 0 Å². The number of halogens is 3. The Morgan fingerprint density at radius 2 is 1.82 bits per heavy atom. The van der Waals surface area contributed by atoms with Gasteiger partial charge in [0.1, 0.15) is 17.5 Å². The number of hydrogen-bond donors (Lipinski definition) is 2. The Morgan fingerprint density at radius 1 is 1.11 bits per heavy atom. The molecule has 0 saturated heterocycles. The van der Waals surface area contributed by atoms with Gasteiger partial charge in [-0.3, -0.25) is 10.1 Å². The molecule has 1 aromatic heterocycles. The number of nitrogens with one attached hydrogen (secondary N) is 1. The normalized spacial score (nSPS) is 14.9. The van der Waals surface area contributed by atoms with E-state index in [0.29, 0.717) is 31.1 Å². The van der Waals surface area contributed by atoms with Crippen LogP contribution in [0.25, 0.3) is 17.3 Å². The molecule has 2 N–H and O–H groups in total. The third-order valence-corrected chi connectivity index (χ3v) is 8.40. The number of ether oxygens (including phenoxy) is 2. The van der Waals surface area contributed by atoms with Gasteiger partial charge >= 0.3 is 5.97 Å². The summed E-state index contributed by atoms with van der Waals surface area (Å²) in [6.07, 6.45) is 7.43. The van der Waals surface area contributed by atoms with E-state index in [1.165, 1.54) is 6.92 Å². The molecule has 1 saturated carbocycles. The largest absolute Gasteiger partial charge is 0.478 e. The van der Waals surface area contributed by atoms with Crippen LogP contribution in [0.4, 0.5) is 18.3 Å². The van der Waals surface area contributed by atoms with E-state index in [0.717, 1.165) is 74.5 Å². The highest BCUT2D eigenvalue weighted by Crippen LogP contribution is 2.40. The number of amides is 1. The minimum absolute atomic E-state index is 0.121. The molecule has 1 atom stereocenters. The van der Waals surface area contributed by atoms with Crippen molar-refractivity contribution in [2.24, 2.45) is 5.92 Å². The molecule has 1 fully saturated rings. The summed E-state index contributed by atoms with van der Waals surface area (Å²) in [7, 11) is 0. The third kappa shape index (κ3) is 8.55. The fourth-order valence-electron chi connectivity index (χ4n) is 5.30. The van der Waals surface area contributed by atoms with Gasteiger partial charge in [0, 0.05) is 53.0 Å². The molecule has 11 heteroatoms. The number of benzene rings is 2. The van der Waals surface area contributed by atoms with E-state index in [1.54, 1.807) is 23.6 Å². The fourth-order valence-corrected chi connectivity index (χ4v) is 6.01. The Morgan fingerprint density at radius 3 is 2.50 bits per heavy atom. The second kappa shape index (κ2) is 16.0. The van der Waals surface area contributed by atoms with Gasteiger partial charge in [0.05, 0.1) is 11.8 Å². The summed E-state index contributed by atoms with van der Waals surface area (Å²) in [6.45, 7) is 5.00. The van der Waals surface area contributed by atoms with E-state index in [2.05, 4.69) is 10.3 Å². The van der Waals surface area contributed by atoms with E-state index in [9.17, 15) is 18.4 Å². The average molecular weight is 631 g/mol. The Kier molecular flexibility index (Phi) is 12.1. The molecule has 2 aromatic carbocycles. The highest BCUT2D eigenvalue weighted by Gasteiger charge is 2.29. The van der Waals surface area contributed by atoms with Crippen LogP contribution in [0.3, 0.4) is 0 Å². The van der Waals surface area contributed by atoms with Crippen LogP contribution >= 0.6 is 11.3 Å². The molecule has 236 valence electrons. The van der Waals surface area contributed by atoms with Crippen LogP contribution in [0.1, 0.15) is 86.4 Å². The molecule has 1 unspecified atom stereocenters. The number of unbranched alkanes of at least 4 members (excludes halogenated alkanes) is 1. The number of hydrogen-bond acceptors (Lipinski definition) is 6. The predicted octanol–water partition coefficient (Wildman–Crippen LogP) is 8.42. The first-order valence-electron chi connectivity index (χ1n) is 14.8. The summed E-state index contributed by atoms with van der Waals surface area (Å²) in [5, 5.41) is 13.2. The maximum Gasteiger partial charge on any atom is 0.331 e. The van der Waals surface area contributed by atoms with E-state index < -0.39 is 34.9 Å². The molecule has 1 aliphatic rings. The molecule has 1 amide bonds. The summed E-state index contributed by atoms with van der Waals surface area (Å²) in [4.78, 5) is 28.2. The molecule has 1 aliphatic carbocycles. The van der Waals surface area contributed by atoms with Crippen LogP contribution < -0.4 is 5.32 Å². The smallest absolute Gasteiger partial charge is 0.331 e. The number of nitrogens with zero attached hydrogens (tertiary/aromatic N) is 1. The number of rotatable bonds is 14. The number of carboxylic acid groups (broad SMARTS) is 1. The summed E-state index contributed by atoms with van der Waals surface area (Å²) in [6, 6.07) is 6.79. The number of anilines is 1. The lowest BCUT2D eigenvalue weighted by Gasteiger charge is -2.31. The highest BCUT2D eigenvalue weighted by atomic mass is 32.1. The maximum atomic E-state index is 16.1. The van der Waals surface area contributed by atoms with E-state index >= 15 is 4.39 Å². The molecular weight excluding hydrogens is 593 g/mol. The molecule has 44 heavy (non-hydrogen) atoms. The highest BCUT2D eigenvalue weighted by molar-refractivity contribution is 7.14. The Bertz CT molecular complexity index is 1460. The molecule has 0 spiro atoms. The van der Waals surface area contributed by atoms with E-state index in [1.807, 2.05) is 6.92 Å². The summed E-state index contributed by atoms with van der Waals surface area (Å²) in [5.74, 6) is -4.53. The van der Waals surface area contributed by atoms with Crippen molar-refractivity contribution in [3.05, 3.63) is 75.4 Å². The molecule has 3 aromatic rings. The van der Waals surface area contributed by atoms with Crippen LogP contribution in [0.15, 0.2) is 41.3 Å². The van der Waals surface area contributed by atoms with Crippen LogP contribution in [0.2, 0.25) is 0 Å². The molecule has 0 aliphatic heterocycles. The van der Waals surface area contributed by atoms with Crippen LogP contribution in [-0.2, 0) is 14.3 Å². The van der Waals surface area contributed by atoms with Crippen LogP contribution in [0.5, 0.6) is 0 Å². The number of carbonyl (C=O) groups is 2. The first-order valence-corrected chi connectivity index (χ1v) is 15.7. The van der Waals surface area contributed by atoms with Gasteiger partial charge in [-0.1, -0.05) is 31.4 Å². The summed E-state index contributed by atoms with van der Waals surface area (Å²) < 4.78 is 56.9. The van der Waals surface area contributed by atoms with Gasteiger partial charge in [-0.25, -0.2) is 22.9 Å². The summed E-state index contributed by atoms with van der Waals surface area (Å²) >= 11 is 1.05. The first-order chi connectivity index (χ1) is 21.2. The van der Waals surface area contributed by atoms with Gasteiger partial charge in [0.25, 0.3) is 5.91 Å². The van der Waals surface area contributed by atoms with Gasteiger partial charge in [0.2, 0.25) is 0 Å². The first kappa shape index (κ1) is 33.4. The van der Waals surface area contributed by atoms with Crippen molar-refractivity contribution in [2.45, 2.75) is 64.9 Å². The average Bonchev–Trinajstić information content (AvgIpc) is 3.47. The quantitative estimate of drug-likeness (QED) is 0.137. The van der Waals surface area contributed by atoms with Gasteiger partial charge in [-0.15, -0.1) is 11.3 Å². The Balaban J connectivity index is 1.51. The second-order valence-corrected chi connectivity index (χ2v) is 11.6. The van der Waals surface area contributed by atoms with Gasteiger partial charge in [0.15, 0.2) is 5.13 Å². The lowest BCUT2D eigenvalue weighted by Crippen LogP contribution is -2.21.